The summed E-state index contributed by atoms with van der Waals surface area (Å²) >= 11 is 0. The summed E-state index contributed by atoms with van der Waals surface area (Å²) in [6, 6.07) is 5.15. The van der Waals surface area contributed by atoms with Crippen molar-refractivity contribution in [2.45, 2.75) is 20.8 Å². The van der Waals surface area contributed by atoms with Gasteiger partial charge in [-0.05, 0) is 37.6 Å². The summed E-state index contributed by atoms with van der Waals surface area (Å²) in [5.74, 6) is 0.0733. The summed E-state index contributed by atoms with van der Waals surface area (Å²) in [5, 5.41) is 0. The van der Waals surface area contributed by atoms with Gasteiger partial charge in [0.15, 0.2) is 11.5 Å². The number of methoxy groups -OCH3 is 1. The summed E-state index contributed by atoms with van der Waals surface area (Å²) in [7, 11) is 1.50. The van der Waals surface area contributed by atoms with Crippen LogP contribution in [0.4, 0.5) is 0 Å². The van der Waals surface area contributed by atoms with Crippen LogP contribution in [-0.4, -0.2) is 25.7 Å². The molecule has 0 spiro atoms. The van der Waals surface area contributed by atoms with Crippen molar-refractivity contribution < 1.29 is 23.8 Å². The lowest BCUT2D eigenvalue weighted by Crippen LogP contribution is -2.05. The number of esters is 2. The molecule has 22 heavy (non-hydrogen) atoms. The quantitative estimate of drug-likeness (QED) is 0.459. The Morgan fingerprint density at radius 3 is 2.50 bits per heavy atom. The first-order chi connectivity index (χ1) is 10.5. The molecule has 0 saturated carbocycles. The number of carbonyl (C=O) groups excluding carboxylic acids is 2. The lowest BCUT2D eigenvalue weighted by atomic mass is 10.2. The normalized spacial score (nSPS) is 11.4. The third kappa shape index (κ3) is 5.44. The number of ether oxygens (including phenoxy) is 3. The highest BCUT2D eigenvalue weighted by atomic mass is 16.6. The van der Waals surface area contributed by atoms with Gasteiger partial charge in [0.05, 0.1) is 7.11 Å². The number of carbonyl (C=O) groups is 2. The average molecular weight is 304 g/mol. The van der Waals surface area contributed by atoms with Crippen molar-refractivity contribution in [3.8, 4) is 11.5 Å². The van der Waals surface area contributed by atoms with Crippen molar-refractivity contribution in [1.29, 1.82) is 0 Å². The summed E-state index contributed by atoms with van der Waals surface area (Å²) in [5.41, 5.74) is 1.41. The van der Waals surface area contributed by atoms with Crippen LogP contribution in [0.1, 0.15) is 26.3 Å². The van der Waals surface area contributed by atoms with E-state index in [9.17, 15) is 9.59 Å². The van der Waals surface area contributed by atoms with E-state index in [4.69, 9.17) is 14.2 Å². The second-order valence-corrected chi connectivity index (χ2v) is 4.48. The first-order valence-corrected chi connectivity index (χ1v) is 6.81. The molecule has 0 atom stereocenters. The molecule has 0 bridgehead atoms. The minimum atomic E-state index is -0.409. The Hall–Kier alpha value is -2.56. The van der Waals surface area contributed by atoms with E-state index in [1.165, 1.54) is 14.0 Å². The zero-order valence-electron chi connectivity index (χ0n) is 13.2. The van der Waals surface area contributed by atoms with Gasteiger partial charge in [-0.3, -0.25) is 4.79 Å². The molecule has 0 saturated heterocycles. The van der Waals surface area contributed by atoms with Crippen LogP contribution >= 0.6 is 0 Å². The van der Waals surface area contributed by atoms with Gasteiger partial charge in [0.2, 0.25) is 0 Å². The average Bonchev–Trinajstić information content (AvgIpc) is 2.51. The molecule has 5 heteroatoms. The highest BCUT2D eigenvalue weighted by molar-refractivity contribution is 5.87. The van der Waals surface area contributed by atoms with Crippen LogP contribution in [0.2, 0.25) is 0 Å². The van der Waals surface area contributed by atoms with Crippen LogP contribution in [0, 0.1) is 0 Å². The van der Waals surface area contributed by atoms with Crippen molar-refractivity contribution in [2.75, 3.05) is 13.7 Å². The standard InChI is InChI=1S/C17H20O5/c1-5-12(2)17(19)21-10-6-7-14-8-9-15(22-13(3)18)16(11-14)20-4/h5-9,11H,10H2,1-4H3/b7-6+,12-5-. The van der Waals surface area contributed by atoms with E-state index in [0.29, 0.717) is 17.1 Å². The first-order valence-electron chi connectivity index (χ1n) is 6.81. The van der Waals surface area contributed by atoms with E-state index < -0.39 is 5.97 Å². The molecule has 0 aliphatic rings. The van der Waals surface area contributed by atoms with Crippen LogP contribution in [0.15, 0.2) is 35.9 Å². The Morgan fingerprint density at radius 2 is 1.91 bits per heavy atom. The number of allylic oxidation sites excluding steroid dienone is 1. The number of hydrogen-bond donors (Lipinski definition) is 0. The number of rotatable bonds is 6. The van der Waals surface area contributed by atoms with E-state index in [1.807, 2.05) is 0 Å². The van der Waals surface area contributed by atoms with Crippen LogP contribution in [0.5, 0.6) is 11.5 Å². The second-order valence-electron chi connectivity index (χ2n) is 4.48. The van der Waals surface area contributed by atoms with Gasteiger partial charge in [-0.25, -0.2) is 4.79 Å². The van der Waals surface area contributed by atoms with Gasteiger partial charge in [-0.2, -0.15) is 0 Å². The molecule has 0 N–H and O–H groups in total. The fraction of sp³-hybridized carbons (Fsp3) is 0.294. The lowest BCUT2D eigenvalue weighted by molar-refractivity contribution is -0.137. The molecule has 0 fully saturated rings. The monoisotopic (exact) mass is 304 g/mol. The van der Waals surface area contributed by atoms with Crippen molar-refractivity contribution >= 4 is 18.0 Å². The molecular weight excluding hydrogens is 284 g/mol. The molecule has 0 heterocycles. The maximum Gasteiger partial charge on any atom is 0.333 e. The Labute approximate surface area is 130 Å². The molecule has 118 valence electrons. The maximum absolute atomic E-state index is 11.4. The molecule has 0 aliphatic carbocycles. The Morgan fingerprint density at radius 1 is 1.18 bits per heavy atom. The molecular formula is C17H20O5. The number of benzene rings is 1. The van der Waals surface area contributed by atoms with Crippen LogP contribution in [0.3, 0.4) is 0 Å². The molecule has 1 aromatic carbocycles. The van der Waals surface area contributed by atoms with Gasteiger partial charge in [0.25, 0.3) is 0 Å². The Kier molecular flexibility index (Phi) is 6.89. The zero-order valence-corrected chi connectivity index (χ0v) is 13.2. The van der Waals surface area contributed by atoms with Crippen LogP contribution < -0.4 is 9.47 Å². The summed E-state index contributed by atoms with van der Waals surface area (Å²) in [6.45, 7) is 4.99. The minimum absolute atomic E-state index is 0.179. The van der Waals surface area contributed by atoms with E-state index in [2.05, 4.69) is 0 Å². The van der Waals surface area contributed by atoms with Crippen LogP contribution in [-0.2, 0) is 14.3 Å². The molecule has 5 nitrogen and oxygen atoms in total. The molecule has 1 aromatic rings. The third-order valence-electron chi connectivity index (χ3n) is 2.82. The topological polar surface area (TPSA) is 61.8 Å². The highest BCUT2D eigenvalue weighted by Gasteiger charge is 2.07. The van der Waals surface area contributed by atoms with Gasteiger partial charge in [-0.1, -0.05) is 18.2 Å². The predicted molar refractivity (Wildman–Crippen MR) is 83.7 cm³/mol. The van der Waals surface area contributed by atoms with E-state index in [-0.39, 0.29) is 12.6 Å². The van der Waals surface area contributed by atoms with Crippen LogP contribution in [0.25, 0.3) is 6.08 Å². The number of hydrogen-bond acceptors (Lipinski definition) is 5. The largest absolute Gasteiger partial charge is 0.493 e. The minimum Gasteiger partial charge on any atom is -0.493 e. The fourth-order valence-electron chi connectivity index (χ4n) is 1.57. The first kappa shape index (κ1) is 17.5. The van der Waals surface area contributed by atoms with Crippen molar-refractivity contribution in [3.05, 3.63) is 41.5 Å². The van der Waals surface area contributed by atoms with Gasteiger partial charge in [-0.15, -0.1) is 0 Å². The highest BCUT2D eigenvalue weighted by Crippen LogP contribution is 2.28. The van der Waals surface area contributed by atoms with E-state index >= 15 is 0 Å². The van der Waals surface area contributed by atoms with Gasteiger partial charge in [0, 0.05) is 12.5 Å². The van der Waals surface area contributed by atoms with Crippen molar-refractivity contribution in [3.63, 3.8) is 0 Å². The van der Waals surface area contributed by atoms with E-state index in [0.717, 1.165) is 5.56 Å². The van der Waals surface area contributed by atoms with E-state index in [1.54, 1.807) is 50.3 Å². The Balaban J connectivity index is 2.68. The predicted octanol–water partition coefficient (Wildman–Crippen LogP) is 3.14. The molecule has 0 aliphatic heterocycles. The van der Waals surface area contributed by atoms with Gasteiger partial charge in [0.1, 0.15) is 6.61 Å². The molecule has 0 aromatic heterocycles. The summed E-state index contributed by atoms with van der Waals surface area (Å²) < 4.78 is 15.3. The smallest absolute Gasteiger partial charge is 0.333 e. The Bertz CT molecular complexity index is 599. The SMILES string of the molecule is C/C=C(/C)C(=O)OC/C=C/c1ccc(OC(C)=O)c(OC)c1. The molecule has 0 unspecified atom stereocenters. The zero-order chi connectivity index (χ0) is 16.5. The summed E-state index contributed by atoms with van der Waals surface area (Å²) in [4.78, 5) is 22.4. The third-order valence-corrected chi connectivity index (χ3v) is 2.82. The molecule has 0 amide bonds. The maximum atomic E-state index is 11.4. The van der Waals surface area contributed by atoms with Gasteiger partial charge >= 0.3 is 11.9 Å². The van der Waals surface area contributed by atoms with Crippen molar-refractivity contribution in [1.82, 2.24) is 0 Å². The lowest BCUT2D eigenvalue weighted by Gasteiger charge is -2.08. The van der Waals surface area contributed by atoms with Crippen molar-refractivity contribution in [2.24, 2.45) is 0 Å². The molecule has 1 rings (SSSR count). The van der Waals surface area contributed by atoms with Gasteiger partial charge < -0.3 is 14.2 Å². The second kappa shape index (κ2) is 8.67. The summed E-state index contributed by atoms with van der Waals surface area (Å²) in [6.07, 6.45) is 5.21. The molecule has 0 radical (unpaired) electrons. The fourth-order valence-corrected chi connectivity index (χ4v) is 1.57.